The molecule has 1 aliphatic rings. The van der Waals surface area contributed by atoms with E-state index in [4.69, 9.17) is 10.5 Å². The van der Waals surface area contributed by atoms with Crippen LogP contribution in [0.25, 0.3) is 15.7 Å². The first-order valence-electron chi connectivity index (χ1n) is 12.7. The van der Waals surface area contributed by atoms with Crippen molar-refractivity contribution in [1.29, 1.82) is 0 Å². The second-order valence-electron chi connectivity index (χ2n) is 9.60. The van der Waals surface area contributed by atoms with Gasteiger partial charge in [0.05, 0.1) is 16.7 Å². The molecule has 5 nitrogen and oxygen atoms in total. The lowest BCUT2D eigenvalue weighted by molar-refractivity contribution is -0.413. The van der Waals surface area contributed by atoms with Gasteiger partial charge in [0.15, 0.2) is 6.21 Å². The second-order valence-corrected chi connectivity index (χ2v) is 10.6. The average molecular weight is 539 g/mol. The van der Waals surface area contributed by atoms with Gasteiger partial charge in [-0.05, 0) is 73.6 Å². The third kappa shape index (κ3) is 5.56. The van der Waals surface area contributed by atoms with E-state index in [9.17, 15) is 13.6 Å². The Hall–Kier alpha value is -3.36. The van der Waals surface area contributed by atoms with Crippen LogP contribution < -0.4 is 15.5 Å². The molecule has 0 spiro atoms. The molecule has 0 aliphatic heterocycles. The number of carbonyl (C=O) groups excluding carboxylic acids is 1. The van der Waals surface area contributed by atoms with Crippen molar-refractivity contribution in [2.75, 3.05) is 14.2 Å². The molecule has 0 bridgehead atoms. The highest BCUT2D eigenvalue weighted by molar-refractivity contribution is 7.21. The summed E-state index contributed by atoms with van der Waals surface area (Å²) < 4.78 is 35.1. The van der Waals surface area contributed by atoms with E-state index < -0.39 is 11.6 Å². The standard InChI is InChI=1S/C30H33F2N3O2S/c1-5-19(14-15-34-3)20-6-13-26(37-4)21(16-20)17-35(23-9-7-22(33)8-10-23)30(36)28-18(2)27-24(31)11-12-25(32)29(27)38-28/h5-6,11-16,22-23H,1,7-10,17,33H2,2-4H3/p+1/b19-14+,34-15?. The molecule has 3 N–H and O–H groups in total. The van der Waals surface area contributed by atoms with E-state index in [1.807, 2.05) is 42.4 Å². The Morgan fingerprint density at radius 1 is 1.21 bits per heavy atom. The molecule has 1 fully saturated rings. The Kier molecular flexibility index (Phi) is 8.74. The number of nitrogens with one attached hydrogen (secondary N) is 1. The minimum atomic E-state index is -0.528. The predicted octanol–water partition coefficient (Wildman–Crippen LogP) is 4.76. The van der Waals surface area contributed by atoms with Crippen LogP contribution in [0.3, 0.4) is 0 Å². The van der Waals surface area contributed by atoms with Gasteiger partial charge in [0.25, 0.3) is 5.91 Å². The van der Waals surface area contributed by atoms with Crippen LogP contribution in [0.1, 0.15) is 52.0 Å². The molecule has 200 valence electrons. The fraction of sp³-hybridized carbons (Fsp3) is 0.333. The van der Waals surface area contributed by atoms with Crippen molar-refractivity contribution < 1.29 is 23.3 Å². The first-order valence-corrected chi connectivity index (χ1v) is 13.5. The number of allylic oxidation sites excluding steroid dienone is 3. The topological polar surface area (TPSA) is 69.5 Å². The van der Waals surface area contributed by atoms with Gasteiger partial charge in [0.1, 0.15) is 24.4 Å². The van der Waals surface area contributed by atoms with Crippen LogP contribution in [0, 0.1) is 18.6 Å². The van der Waals surface area contributed by atoms with Gasteiger partial charge in [-0.25, -0.2) is 8.78 Å². The van der Waals surface area contributed by atoms with E-state index in [1.165, 1.54) is 0 Å². The Morgan fingerprint density at radius 2 is 1.92 bits per heavy atom. The average Bonchev–Trinajstić information content (AvgIpc) is 3.28. The monoisotopic (exact) mass is 538 g/mol. The Bertz CT molecular complexity index is 1400. The highest BCUT2D eigenvalue weighted by Crippen LogP contribution is 2.37. The molecule has 1 heterocycles. The van der Waals surface area contributed by atoms with Crippen molar-refractivity contribution >= 4 is 39.1 Å². The van der Waals surface area contributed by atoms with Gasteiger partial charge in [-0.15, -0.1) is 11.3 Å². The number of thiophene rings is 1. The number of hydrogen-bond acceptors (Lipinski definition) is 4. The van der Waals surface area contributed by atoms with Gasteiger partial charge in [-0.3, -0.25) is 9.79 Å². The highest BCUT2D eigenvalue weighted by atomic mass is 32.1. The summed E-state index contributed by atoms with van der Waals surface area (Å²) in [5, 5.41) is 0.171. The molecule has 1 aromatic heterocycles. The van der Waals surface area contributed by atoms with Crippen molar-refractivity contribution in [2.45, 2.75) is 51.2 Å². The van der Waals surface area contributed by atoms with Crippen molar-refractivity contribution in [3.63, 3.8) is 0 Å². The SMILES string of the molecule is C=C/C(=C\C=[NH+]C)c1ccc(OC)c(CN(C(=O)c2sc3c(F)ccc(F)c3c2C)C2CCC(N)CC2)c1. The second kappa shape index (κ2) is 12.0. The van der Waals surface area contributed by atoms with Crippen molar-refractivity contribution in [2.24, 2.45) is 5.73 Å². The van der Waals surface area contributed by atoms with E-state index in [2.05, 4.69) is 11.6 Å². The van der Waals surface area contributed by atoms with Crippen LogP contribution in [0.4, 0.5) is 8.78 Å². The molecule has 1 saturated carbocycles. The molecule has 0 radical (unpaired) electrons. The molecule has 1 aliphatic carbocycles. The summed E-state index contributed by atoms with van der Waals surface area (Å²) in [6.45, 7) is 5.90. The number of hydrogen-bond donors (Lipinski definition) is 2. The predicted molar refractivity (Wildman–Crippen MR) is 151 cm³/mol. The van der Waals surface area contributed by atoms with E-state index >= 15 is 0 Å². The number of nitrogens with zero attached hydrogens (tertiary/aromatic N) is 1. The van der Waals surface area contributed by atoms with Crippen LogP contribution in [0.5, 0.6) is 5.75 Å². The summed E-state index contributed by atoms with van der Waals surface area (Å²) in [6, 6.07) is 8.11. The zero-order valence-electron chi connectivity index (χ0n) is 22.0. The molecule has 0 atom stereocenters. The normalized spacial score (nSPS) is 18.2. The van der Waals surface area contributed by atoms with Crippen LogP contribution >= 0.6 is 11.3 Å². The number of rotatable bonds is 8. The van der Waals surface area contributed by atoms with Crippen LogP contribution in [-0.4, -0.2) is 43.3 Å². The molecule has 1 amide bonds. The molecule has 3 aromatic rings. The Labute approximate surface area is 226 Å². The number of aryl methyl sites for hydroxylation is 1. The third-order valence-corrected chi connectivity index (χ3v) is 8.51. The number of halogens is 2. The zero-order chi connectivity index (χ0) is 27.4. The van der Waals surface area contributed by atoms with Crippen LogP contribution in [-0.2, 0) is 6.54 Å². The van der Waals surface area contributed by atoms with E-state index in [0.717, 1.165) is 65.9 Å². The fourth-order valence-electron chi connectivity index (χ4n) is 5.11. The van der Waals surface area contributed by atoms with E-state index in [1.54, 1.807) is 20.1 Å². The number of benzene rings is 2. The lowest BCUT2D eigenvalue weighted by Gasteiger charge is -2.36. The molecule has 2 aromatic carbocycles. The number of amides is 1. The molecule has 0 saturated heterocycles. The quantitative estimate of drug-likeness (QED) is 0.321. The molecular formula is C30H34F2N3O2S+. The number of methoxy groups -OCH3 is 1. The van der Waals surface area contributed by atoms with Crippen molar-refractivity contribution in [3.05, 3.63) is 82.3 Å². The maximum absolute atomic E-state index is 14.7. The first kappa shape index (κ1) is 27.7. The number of nitrogens with two attached hydrogens (primary N) is 1. The van der Waals surface area contributed by atoms with E-state index in [0.29, 0.717) is 16.2 Å². The molecule has 0 unspecified atom stereocenters. The lowest BCUT2D eigenvalue weighted by Crippen LogP contribution is -2.62. The summed E-state index contributed by atoms with van der Waals surface area (Å²) in [5.74, 6) is -0.634. The first-order chi connectivity index (χ1) is 18.3. The van der Waals surface area contributed by atoms with Crippen LogP contribution in [0.15, 0.2) is 49.1 Å². The Balaban J connectivity index is 1.79. The summed E-state index contributed by atoms with van der Waals surface area (Å²) in [5.41, 5.74) is 9.31. The van der Waals surface area contributed by atoms with E-state index in [-0.39, 0.29) is 34.6 Å². The largest absolute Gasteiger partial charge is 0.496 e. The van der Waals surface area contributed by atoms with Gasteiger partial charge in [-0.2, -0.15) is 0 Å². The molecule has 38 heavy (non-hydrogen) atoms. The molecular weight excluding hydrogens is 504 g/mol. The van der Waals surface area contributed by atoms with Gasteiger partial charge in [-0.1, -0.05) is 18.7 Å². The maximum atomic E-state index is 14.7. The van der Waals surface area contributed by atoms with Crippen LogP contribution in [0.2, 0.25) is 0 Å². The van der Waals surface area contributed by atoms with Crippen molar-refractivity contribution in [1.82, 2.24) is 4.90 Å². The fourth-order valence-corrected chi connectivity index (χ4v) is 6.29. The number of fused-ring (bicyclic) bond motifs is 1. The minimum absolute atomic E-state index is 0.0537. The smallest absolute Gasteiger partial charge is 0.264 e. The third-order valence-electron chi connectivity index (χ3n) is 7.22. The lowest BCUT2D eigenvalue weighted by atomic mass is 9.90. The highest BCUT2D eigenvalue weighted by Gasteiger charge is 2.32. The van der Waals surface area contributed by atoms with Gasteiger partial charge < -0.3 is 15.4 Å². The van der Waals surface area contributed by atoms with Crippen molar-refractivity contribution in [3.8, 4) is 5.75 Å². The minimum Gasteiger partial charge on any atom is -0.496 e. The number of ether oxygens (including phenoxy) is 1. The Morgan fingerprint density at radius 3 is 2.55 bits per heavy atom. The zero-order valence-corrected chi connectivity index (χ0v) is 22.8. The molecule has 4 rings (SSSR count). The van der Waals surface area contributed by atoms with Gasteiger partial charge in [0, 0.05) is 35.7 Å². The summed E-state index contributed by atoms with van der Waals surface area (Å²) >= 11 is 1.01. The summed E-state index contributed by atoms with van der Waals surface area (Å²) in [7, 11) is 3.43. The molecule has 8 heteroatoms. The summed E-state index contributed by atoms with van der Waals surface area (Å²) in [6.07, 6.45) is 8.66. The summed E-state index contributed by atoms with van der Waals surface area (Å²) in [4.78, 5) is 19.3. The maximum Gasteiger partial charge on any atom is 0.264 e. The van der Waals surface area contributed by atoms with Gasteiger partial charge >= 0.3 is 0 Å². The van der Waals surface area contributed by atoms with Gasteiger partial charge in [0.2, 0.25) is 0 Å². The number of carbonyl (C=O) groups is 1.